The van der Waals surface area contributed by atoms with Crippen LogP contribution in [0.15, 0.2) is 65.6 Å². The molecule has 0 aliphatic carbocycles. The SMILES string of the molecule is O=C(On1ccccc1=O)c1ccc(N2C(=O)C=CC2=O)cc1. The molecule has 2 aromatic rings. The number of nitrogens with zero attached hydrogens (tertiary/aromatic N) is 2. The number of hydrogen-bond donors (Lipinski definition) is 0. The molecule has 0 saturated carbocycles. The second-order valence-corrected chi connectivity index (χ2v) is 4.64. The lowest BCUT2D eigenvalue weighted by Crippen LogP contribution is -2.30. The van der Waals surface area contributed by atoms with Gasteiger partial charge in [-0.2, -0.15) is 0 Å². The highest BCUT2D eigenvalue weighted by molar-refractivity contribution is 6.28. The van der Waals surface area contributed by atoms with Gasteiger partial charge in [0.25, 0.3) is 17.4 Å². The fourth-order valence-corrected chi connectivity index (χ4v) is 2.03. The molecule has 3 rings (SSSR count). The van der Waals surface area contributed by atoms with Crippen LogP contribution in [0.1, 0.15) is 10.4 Å². The molecule has 0 fully saturated rings. The predicted octanol–water partition coefficient (Wildman–Crippen LogP) is 0.547. The van der Waals surface area contributed by atoms with Crippen LogP contribution < -0.4 is 15.3 Å². The highest BCUT2D eigenvalue weighted by Gasteiger charge is 2.25. The van der Waals surface area contributed by atoms with Crippen molar-refractivity contribution in [1.29, 1.82) is 0 Å². The molecule has 114 valence electrons. The number of aromatic nitrogens is 1. The van der Waals surface area contributed by atoms with Crippen LogP contribution in [0.5, 0.6) is 0 Å². The molecular formula is C16H10N2O5. The van der Waals surface area contributed by atoms with Crippen LogP contribution in [0.2, 0.25) is 0 Å². The van der Waals surface area contributed by atoms with Crippen molar-refractivity contribution in [1.82, 2.24) is 4.73 Å². The number of amides is 2. The van der Waals surface area contributed by atoms with Crippen molar-refractivity contribution in [3.63, 3.8) is 0 Å². The van der Waals surface area contributed by atoms with Crippen LogP contribution in [0.3, 0.4) is 0 Å². The van der Waals surface area contributed by atoms with E-state index in [4.69, 9.17) is 4.84 Å². The molecule has 1 aliphatic heterocycles. The highest BCUT2D eigenvalue weighted by atomic mass is 16.7. The molecule has 0 N–H and O–H groups in total. The monoisotopic (exact) mass is 310 g/mol. The van der Waals surface area contributed by atoms with Crippen LogP contribution in [0.4, 0.5) is 5.69 Å². The molecule has 0 saturated heterocycles. The van der Waals surface area contributed by atoms with Gasteiger partial charge in [0, 0.05) is 24.4 Å². The summed E-state index contributed by atoms with van der Waals surface area (Å²) in [5.41, 5.74) is 0.0480. The topological polar surface area (TPSA) is 85.7 Å². The minimum Gasteiger partial charge on any atom is -0.328 e. The number of pyridine rings is 1. The summed E-state index contributed by atoms with van der Waals surface area (Å²) in [5.74, 6) is -1.62. The van der Waals surface area contributed by atoms with E-state index in [-0.39, 0.29) is 5.56 Å². The predicted molar refractivity (Wildman–Crippen MR) is 79.7 cm³/mol. The van der Waals surface area contributed by atoms with Crippen molar-refractivity contribution in [2.24, 2.45) is 0 Å². The lowest BCUT2D eigenvalue weighted by molar-refractivity contribution is -0.119. The Morgan fingerprint density at radius 2 is 1.52 bits per heavy atom. The number of rotatable bonds is 3. The van der Waals surface area contributed by atoms with Gasteiger partial charge in [-0.05, 0) is 30.3 Å². The number of benzene rings is 1. The summed E-state index contributed by atoms with van der Waals surface area (Å²) >= 11 is 0. The summed E-state index contributed by atoms with van der Waals surface area (Å²) in [7, 11) is 0. The Hall–Kier alpha value is -3.48. The van der Waals surface area contributed by atoms with E-state index in [1.807, 2.05) is 0 Å². The minimum absolute atomic E-state index is 0.177. The van der Waals surface area contributed by atoms with E-state index in [1.165, 1.54) is 54.7 Å². The maximum Gasteiger partial charge on any atom is 0.363 e. The van der Waals surface area contributed by atoms with Gasteiger partial charge in [0.05, 0.1) is 11.3 Å². The van der Waals surface area contributed by atoms with Gasteiger partial charge in [-0.15, -0.1) is 4.73 Å². The van der Waals surface area contributed by atoms with E-state index in [2.05, 4.69) is 0 Å². The van der Waals surface area contributed by atoms with Crippen LogP contribution in [-0.4, -0.2) is 22.5 Å². The second kappa shape index (κ2) is 5.72. The molecule has 1 aliphatic rings. The first kappa shape index (κ1) is 14.5. The molecular weight excluding hydrogens is 300 g/mol. The summed E-state index contributed by atoms with van der Waals surface area (Å²) in [6, 6.07) is 10.1. The van der Waals surface area contributed by atoms with Crippen molar-refractivity contribution in [2.45, 2.75) is 0 Å². The third-order valence-corrected chi connectivity index (χ3v) is 3.14. The quantitative estimate of drug-likeness (QED) is 0.773. The number of carbonyl (C=O) groups excluding carboxylic acids is 3. The smallest absolute Gasteiger partial charge is 0.328 e. The number of hydrogen-bond acceptors (Lipinski definition) is 5. The van der Waals surface area contributed by atoms with Crippen LogP contribution in [-0.2, 0) is 9.59 Å². The van der Waals surface area contributed by atoms with E-state index in [0.29, 0.717) is 5.69 Å². The summed E-state index contributed by atoms with van der Waals surface area (Å²) in [6.45, 7) is 0. The molecule has 7 heteroatoms. The first-order valence-corrected chi connectivity index (χ1v) is 6.63. The average molecular weight is 310 g/mol. The van der Waals surface area contributed by atoms with Gasteiger partial charge in [-0.25, -0.2) is 9.69 Å². The van der Waals surface area contributed by atoms with E-state index in [1.54, 1.807) is 6.07 Å². The van der Waals surface area contributed by atoms with Gasteiger partial charge in [-0.1, -0.05) is 6.07 Å². The second-order valence-electron chi connectivity index (χ2n) is 4.64. The average Bonchev–Trinajstić information content (AvgIpc) is 2.88. The lowest BCUT2D eigenvalue weighted by atomic mass is 10.2. The minimum atomic E-state index is -0.734. The van der Waals surface area contributed by atoms with Gasteiger partial charge in [0.15, 0.2) is 0 Å². The molecule has 2 heterocycles. The van der Waals surface area contributed by atoms with Crippen molar-refractivity contribution in [2.75, 3.05) is 4.90 Å². The Morgan fingerprint density at radius 1 is 0.870 bits per heavy atom. The molecule has 23 heavy (non-hydrogen) atoms. The lowest BCUT2D eigenvalue weighted by Gasteiger charge is -2.14. The highest BCUT2D eigenvalue weighted by Crippen LogP contribution is 2.19. The Morgan fingerprint density at radius 3 is 2.13 bits per heavy atom. The first-order chi connectivity index (χ1) is 11.1. The van der Waals surface area contributed by atoms with Gasteiger partial charge in [0.2, 0.25) is 0 Å². The third-order valence-electron chi connectivity index (χ3n) is 3.14. The van der Waals surface area contributed by atoms with Gasteiger partial charge >= 0.3 is 5.97 Å². The number of carbonyl (C=O) groups is 3. The molecule has 0 spiro atoms. The van der Waals surface area contributed by atoms with Crippen molar-refractivity contribution in [3.8, 4) is 0 Å². The molecule has 1 aromatic carbocycles. The Kier molecular flexibility index (Phi) is 3.60. The number of imide groups is 1. The van der Waals surface area contributed by atoms with Crippen molar-refractivity contribution >= 4 is 23.5 Å². The summed E-state index contributed by atoms with van der Waals surface area (Å²) in [6.07, 6.45) is 3.67. The van der Waals surface area contributed by atoms with E-state index >= 15 is 0 Å². The Balaban J connectivity index is 1.78. The molecule has 0 unspecified atom stereocenters. The molecule has 1 aromatic heterocycles. The van der Waals surface area contributed by atoms with Crippen LogP contribution in [0, 0.1) is 0 Å². The van der Waals surface area contributed by atoms with Crippen molar-refractivity contribution in [3.05, 3.63) is 76.7 Å². The Labute approximate surface area is 130 Å². The van der Waals surface area contributed by atoms with Gasteiger partial charge in [0.1, 0.15) is 0 Å². The molecule has 0 bridgehead atoms. The van der Waals surface area contributed by atoms with Crippen molar-refractivity contribution < 1.29 is 19.2 Å². The largest absolute Gasteiger partial charge is 0.363 e. The Bertz CT molecular complexity index is 862. The normalized spacial score (nSPS) is 13.5. The van der Waals surface area contributed by atoms with Crippen LogP contribution >= 0.6 is 0 Å². The maximum atomic E-state index is 12.0. The molecule has 7 nitrogen and oxygen atoms in total. The standard InChI is InChI=1S/C16H10N2O5/c19-13-3-1-2-10-17(13)23-16(22)11-4-6-12(7-5-11)18-14(20)8-9-15(18)21/h1-10H. The zero-order valence-electron chi connectivity index (χ0n) is 11.7. The fraction of sp³-hybridized carbons (Fsp3) is 0. The molecule has 2 amide bonds. The van der Waals surface area contributed by atoms with E-state index in [0.717, 1.165) is 9.63 Å². The zero-order valence-corrected chi connectivity index (χ0v) is 11.7. The fourth-order valence-electron chi connectivity index (χ4n) is 2.03. The summed E-state index contributed by atoms with van der Waals surface area (Å²) in [5, 5.41) is 0. The third kappa shape index (κ3) is 2.80. The van der Waals surface area contributed by atoms with E-state index in [9.17, 15) is 19.2 Å². The van der Waals surface area contributed by atoms with Crippen LogP contribution in [0.25, 0.3) is 0 Å². The van der Waals surface area contributed by atoms with Gasteiger partial charge in [-0.3, -0.25) is 14.4 Å². The van der Waals surface area contributed by atoms with Gasteiger partial charge < -0.3 is 4.84 Å². The van der Waals surface area contributed by atoms with E-state index < -0.39 is 23.3 Å². The number of anilines is 1. The summed E-state index contributed by atoms with van der Waals surface area (Å²) < 4.78 is 0.813. The maximum absolute atomic E-state index is 12.0. The summed E-state index contributed by atoms with van der Waals surface area (Å²) in [4.78, 5) is 52.5. The first-order valence-electron chi connectivity index (χ1n) is 6.63. The molecule has 0 radical (unpaired) electrons. The zero-order chi connectivity index (χ0) is 16.4. The molecule has 0 atom stereocenters.